The molecule has 4 N–H and O–H groups in total. The van der Waals surface area contributed by atoms with E-state index in [1.807, 2.05) is 12.1 Å². The van der Waals surface area contributed by atoms with Crippen molar-refractivity contribution in [2.75, 3.05) is 5.32 Å². The first-order valence-corrected chi connectivity index (χ1v) is 6.84. The molecule has 7 heteroatoms. The molecule has 0 bridgehead atoms. The smallest absolute Gasteiger partial charge is 0.307 e. The third-order valence-corrected chi connectivity index (χ3v) is 2.79. The summed E-state index contributed by atoms with van der Waals surface area (Å²) in [6.45, 7) is 0. The Morgan fingerprint density at radius 1 is 0.818 bits per heavy atom. The van der Waals surface area contributed by atoms with Crippen molar-refractivity contribution < 1.29 is 9.59 Å². The maximum atomic E-state index is 11.8. The van der Waals surface area contributed by atoms with Crippen LogP contribution in [-0.4, -0.2) is 17.1 Å². The highest BCUT2D eigenvalue weighted by molar-refractivity contribution is 7.80. The van der Waals surface area contributed by atoms with Gasteiger partial charge >= 0.3 is 6.03 Å². The third-order valence-electron chi connectivity index (χ3n) is 2.58. The molecule has 0 heterocycles. The summed E-state index contributed by atoms with van der Waals surface area (Å²) in [6, 6.07) is 17.1. The number of hydrogen-bond acceptors (Lipinski definition) is 3. The number of urea groups is 1. The summed E-state index contributed by atoms with van der Waals surface area (Å²) >= 11 is 4.93. The SMILES string of the molecule is O=C(NNC(=S)NC(=O)c1ccccc1)Nc1ccccc1. The lowest BCUT2D eigenvalue weighted by molar-refractivity contribution is 0.0976. The summed E-state index contributed by atoms with van der Waals surface area (Å²) in [5.41, 5.74) is 5.88. The van der Waals surface area contributed by atoms with Crippen molar-refractivity contribution in [1.82, 2.24) is 16.2 Å². The van der Waals surface area contributed by atoms with Gasteiger partial charge in [0.15, 0.2) is 5.11 Å². The first kappa shape index (κ1) is 15.5. The average Bonchev–Trinajstić information content (AvgIpc) is 2.55. The van der Waals surface area contributed by atoms with E-state index in [-0.39, 0.29) is 11.0 Å². The van der Waals surface area contributed by atoms with E-state index in [0.29, 0.717) is 11.3 Å². The Morgan fingerprint density at radius 2 is 1.41 bits per heavy atom. The van der Waals surface area contributed by atoms with Crippen LogP contribution in [-0.2, 0) is 0 Å². The van der Waals surface area contributed by atoms with Crippen molar-refractivity contribution in [2.24, 2.45) is 0 Å². The number of amides is 3. The molecule has 2 rings (SSSR count). The van der Waals surface area contributed by atoms with E-state index in [9.17, 15) is 9.59 Å². The van der Waals surface area contributed by atoms with E-state index < -0.39 is 6.03 Å². The Hall–Kier alpha value is -2.93. The molecule has 0 aromatic heterocycles. The normalized spacial score (nSPS) is 9.45. The van der Waals surface area contributed by atoms with Crippen LogP contribution in [0.5, 0.6) is 0 Å². The lowest BCUT2D eigenvalue weighted by Gasteiger charge is -2.11. The van der Waals surface area contributed by atoms with E-state index in [0.717, 1.165) is 0 Å². The van der Waals surface area contributed by atoms with Crippen molar-refractivity contribution in [1.29, 1.82) is 0 Å². The fourth-order valence-corrected chi connectivity index (χ4v) is 1.74. The summed E-state index contributed by atoms with van der Waals surface area (Å²) in [5, 5.41) is 5.05. The third kappa shape index (κ3) is 4.88. The maximum Gasteiger partial charge on any atom is 0.337 e. The fraction of sp³-hybridized carbons (Fsp3) is 0. The molecule has 0 saturated carbocycles. The Kier molecular flexibility index (Phi) is 5.44. The van der Waals surface area contributed by atoms with Gasteiger partial charge in [0.1, 0.15) is 0 Å². The molecule has 6 nitrogen and oxygen atoms in total. The number of anilines is 1. The standard InChI is InChI=1S/C15H14N4O2S/c20-13(11-7-3-1-4-8-11)17-15(22)19-18-14(21)16-12-9-5-2-6-10-12/h1-10H,(H2,16,18,21)(H2,17,19,20,22). The van der Waals surface area contributed by atoms with E-state index in [2.05, 4.69) is 21.5 Å². The molecule has 0 fully saturated rings. The van der Waals surface area contributed by atoms with Crippen molar-refractivity contribution in [3.05, 3.63) is 66.2 Å². The Morgan fingerprint density at radius 3 is 2.05 bits per heavy atom. The van der Waals surface area contributed by atoms with Crippen molar-refractivity contribution in [2.45, 2.75) is 0 Å². The predicted octanol–water partition coefficient (Wildman–Crippen LogP) is 2.03. The number of hydrogen-bond donors (Lipinski definition) is 4. The van der Waals surface area contributed by atoms with Crippen molar-refractivity contribution in [3.63, 3.8) is 0 Å². The zero-order chi connectivity index (χ0) is 15.8. The second-order valence-electron chi connectivity index (χ2n) is 4.22. The molecule has 2 aromatic carbocycles. The predicted molar refractivity (Wildman–Crippen MR) is 88.2 cm³/mol. The minimum atomic E-state index is -0.498. The number of nitrogens with one attached hydrogen (secondary N) is 4. The number of para-hydroxylation sites is 1. The van der Waals surface area contributed by atoms with Gasteiger partial charge < -0.3 is 5.32 Å². The van der Waals surface area contributed by atoms with Crippen LogP contribution in [0.1, 0.15) is 10.4 Å². The quantitative estimate of drug-likeness (QED) is 0.505. The molecule has 0 spiro atoms. The zero-order valence-electron chi connectivity index (χ0n) is 11.5. The Bertz CT molecular complexity index is 662. The van der Waals surface area contributed by atoms with Crippen molar-refractivity contribution >= 4 is 35.0 Å². The lowest BCUT2D eigenvalue weighted by atomic mass is 10.2. The number of thiocarbonyl (C=S) groups is 1. The first-order chi connectivity index (χ1) is 10.6. The summed E-state index contributed by atoms with van der Waals surface area (Å²) in [5.74, 6) is -0.358. The Balaban J connectivity index is 1.76. The second-order valence-corrected chi connectivity index (χ2v) is 4.63. The average molecular weight is 314 g/mol. The topological polar surface area (TPSA) is 82.3 Å². The molecule has 112 valence electrons. The van der Waals surface area contributed by atoms with Gasteiger partial charge in [-0.05, 0) is 36.5 Å². The van der Waals surface area contributed by atoms with Gasteiger partial charge in [0.05, 0.1) is 0 Å². The van der Waals surface area contributed by atoms with Crippen LogP contribution in [0.25, 0.3) is 0 Å². The van der Waals surface area contributed by atoms with E-state index in [1.54, 1.807) is 48.5 Å². The summed E-state index contributed by atoms with van der Waals surface area (Å²) in [6.07, 6.45) is 0. The monoisotopic (exact) mass is 314 g/mol. The molecule has 2 aromatic rings. The van der Waals surface area contributed by atoms with Gasteiger partial charge in [-0.2, -0.15) is 0 Å². The lowest BCUT2D eigenvalue weighted by Crippen LogP contribution is -2.49. The number of carbonyl (C=O) groups excluding carboxylic acids is 2. The van der Waals surface area contributed by atoms with Gasteiger partial charge in [-0.15, -0.1) is 0 Å². The van der Waals surface area contributed by atoms with Crippen LogP contribution < -0.4 is 21.5 Å². The Labute approximate surface area is 132 Å². The molecular weight excluding hydrogens is 300 g/mol. The summed E-state index contributed by atoms with van der Waals surface area (Å²) < 4.78 is 0. The molecule has 0 aliphatic carbocycles. The van der Waals surface area contributed by atoms with Gasteiger partial charge in [0, 0.05) is 11.3 Å². The maximum absolute atomic E-state index is 11.8. The number of carbonyl (C=O) groups is 2. The molecular formula is C15H14N4O2S. The summed E-state index contributed by atoms with van der Waals surface area (Å²) in [4.78, 5) is 23.4. The number of rotatable bonds is 2. The fourth-order valence-electron chi connectivity index (χ4n) is 1.59. The van der Waals surface area contributed by atoms with Gasteiger partial charge in [-0.25, -0.2) is 10.2 Å². The first-order valence-electron chi connectivity index (χ1n) is 6.43. The van der Waals surface area contributed by atoms with Crippen LogP contribution in [0.4, 0.5) is 10.5 Å². The molecule has 0 atom stereocenters. The van der Waals surface area contributed by atoms with Crippen LogP contribution in [0.3, 0.4) is 0 Å². The van der Waals surface area contributed by atoms with Crippen molar-refractivity contribution in [3.8, 4) is 0 Å². The van der Waals surface area contributed by atoms with E-state index in [1.165, 1.54) is 0 Å². The van der Waals surface area contributed by atoms with E-state index in [4.69, 9.17) is 12.2 Å². The second kappa shape index (κ2) is 7.75. The highest BCUT2D eigenvalue weighted by Crippen LogP contribution is 2.03. The molecule has 3 amide bonds. The molecule has 0 unspecified atom stereocenters. The van der Waals surface area contributed by atoms with Gasteiger partial charge in [0.2, 0.25) is 0 Å². The molecule has 0 saturated heterocycles. The van der Waals surface area contributed by atoms with E-state index >= 15 is 0 Å². The summed E-state index contributed by atoms with van der Waals surface area (Å²) in [7, 11) is 0. The molecule has 0 aliphatic heterocycles. The van der Waals surface area contributed by atoms with Crippen LogP contribution in [0, 0.1) is 0 Å². The molecule has 22 heavy (non-hydrogen) atoms. The number of benzene rings is 2. The molecule has 0 aliphatic rings. The minimum Gasteiger partial charge on any atom is -0.307 e. The van der Waals surface area contributed by atoms with Gasteiger partial charge in [0.25, 0.3) is 5.91 Å². The largest absolute Gasteiger partial charge is 0.337 e. The van der Waals surface area contributed by atoms with Crippen LogP contribution >= 0.6 is 12.2 Å². The molecule has 0 radical (unpaired) electrons. The van der Waals surface area contributed by atoms with Crippen LogP contribution in [0.2, 0.25) is 0 Å². The van der Waals surface area contributed by atoms with Crippen LogP contribution in [0.15, 0.2) is 60.7 Å². The highest BCUT2D eigenvalue weighted by Gasteiger charge is 2.07. The minimum absolute atomic E-state index is 0.00272. The number of hydrazine groups is 1. The van der Waals surface area contributed by atoms with Gasteiger partial charge in [-0.3, -0.25) is 15.5 Å². The highest BCUT2D eigenvalue weighted by atomic mass is 32.1. The van der Waals surface area contributed by atoms with Gasteiger partial charge in [-0.1, -0.05) is 36.4 Å². The zero-order valence-corrected chi connectivity index (χ0v) is 12.3.